The van der Waals surface area contributed by atoms with Crippen LogP contribution in [-0.2, 0) is 16.6 Å². The van der Waals surface area contributed by atoms with Crippen LogP contribution in [0, 0.1) is 0 Å². The maximum atomic E-state index is 12.0. The molecule has 0 aliphatic carbocycles. The van der Waals surface area contributed by atoms with E-state index in [1.165, 1.54) is 11.3 Å². The van der Waals surface area contributed by atoms with Gasteiger partial charge < -0.3 is 5.32 Å². The van der Waals surface area contributed by atoms with Crippen molar-refractivity contribution in [3.63, 3.8) is 0 Å². The van der Waals surface area contributed by atoms with E-state index in [0.29, 0.717) is 6.42 Å². The lowest BCUT2D eigenvalue weighted by atomic mass is 9.86. The second-order valence-corrected chi connectivity index (χ2v) is 6.22. The largest absolute Gasteiger partial charge is 0.325 e. The molecule has 0 aliphatic heterocycles. The smallest absolute Gasteiger partial charge is 0.230 e. The van der Waals surface area contributed by atoms with Gasteiger partial charge in [-0.3, -0.25) is 4.79 Å². The maximum absolute atomic E-state index is 12.0. The Hall–Kier alpha value is -1.68. The first-order chi connectivity index (χ1) is 8.97. The van der Waals surface area contributed by atoms with Crippen LogP contribution < -0.4 is 5.32 Å². The number of carbonyl (C=O) groups is 1. The van der Waals surface area contributed by atoms with Gasteiger partial charge in [-0.25, -0.2) is 4.98 Å². The van der Waals surface area contributed by atoms with Crippen molar-refractivity contribution >= 4 is 22.9 Å². The number of anilines is 1. The highest BCUT2D eigenvalue weighted by molar-refractivity contribution is 7.07. The van der Waals surface area contributed by atoms with Crippen molar-refractivity contribution in [3.8, 4) is 0 Å². The van der Waals surface area contributed by atoms with Crippen LogP contribution in [0.5, 0.6) is 0 Å². The zero-order valence-corrected chi connectivity index (χ0v) is 12.3. The molecule has 0 saturated carbocycles. The first kappa shape index (κ1) is 13.7. The summed E-state index contributed by atoms with van der Waals surface area (Å²) in [5, 5.41) is 4.88. The van der Waals surface area contributed by atoms with E-state index in [1.54, 1.807) is 5.51 Å². The van der Waals surface area contributed by atoms with Gasteiger partial charge in [0.25, 0.3) is 0 Å². The van der Waals surface area contributed by atoms with Gasteiger partial charge in [0.05, 0.1) is 17.6 Å². The van der Waals surface area contributed by atoms with Crippen molar-refractivity contribution in [2.45, 2.75) is 32.6 Å². The Bertz CT molecular complexity index is 556. The summed E-state index contributed by atoms with van der Waals surface area (Å²) in [7, 11) is 0. The van der Waals surface area contributed by atoms with E-state index in [4.69, 9.17) is 0 Å². The highest BCUT2D eigenvalue weighted by Crippen LogP contribution is 2.29. The van der Waals surface area contributed by atoms with E-state index in [-0.39, 0.29) is 11.3 Å². The Kier molecular flexibility index (Phi) is 4.00. The molecule has 1 N–H and O–H groups in total. The van der Waals surface area contributed by atoms with Crippen LogP contribution in [0.3, 0.4) is 0 Å². The lowest BCUT2D eigenvalue weighted by Gasteiger charge is -2.22. The van der Waals surface area contributed by atoms with Gasteiger partial charge in [-0.2, -0.15) is 0 Å². The summed E-state index contributed by atoms with van der Waals surface area (Å²) < 4.78 is 0. The third-order valence-corrected chi connectivity index (χ3v) is 3.47. The first-order valence-electron chi connectivity index (χ1n) is 6.23. The molecule has 3 nitrogen and oxygen atoms in total. The molecule has 19 heavy (non-hydrogen) atoms. The molecule has 1 aromatic carbocycles. The minimum Gasteiger partial charge on any atom is -0.325 e. The summed E-state index contributed by atoms with van der Waals surface area (Å²) in [5.41, 5.74) is 4.59. The molecule has 1 heterocycles. The van der Waals surface area contributed by atoms with E-state index >= 15 is 0 Å². The highest BCUT2D eigenvalue weighted by atomic mass is 32.1. The molecule has 0 radical (unpaired) electrons. The minimum absolute atomic E-state index is 0.00447. The summed E-state index contributed by atoms with van der Waals surface area (Å²) >= 11 is 1.50. The van der Waals surface area contributed by atoms with E-state index in [2.05, 4.69) is 37.1 Å². The highest BCUT2D eigenvalue weighted by Gasteiger charge is 2.18. The lowest BCUT2D eigenvalue weighted by Crippen LogP contribution is -2.19. The van der Waals surface area contributed by atoms with E-state index < -0.39 is 0 Å². The number of thiazole rings is 1. The van der Waals surface area contributed by atoms with Crippen LogP contribution in [0.15, 0.2) is 35.2 Å². The van der Waals surface area contributed by atoms with Gasteiger partial charge in [-0.15, -0.1) is 11.3 Å². The van der Waals surface area contributed by atoms with Crippen molar-refractivity contribution in [2.75, 3.05) is 5.32 Å². The number of hydrogen-bond donors (Lipinski definition) is 1. The monoisotopic (exact) mass is 274 g/mol. The molecule has 0 atom stereocenters. The second-order valence-electron chi connectivity index (χ2n) is 5.50. The van der Waals surface area contributed by atoms with Crippen molar-refractivity contribution in [2.24, 2.45) is 0 Å². The molecule has 100 valence electrons. The van der Waals surface area contributed by atoms with Crippen LogP contribution >= 0.6 is 11.3 Å². The molecule has 0 unspecified atom stereocenters. The number of nitrogens with zero attached hydrogens (tertiary/aromatic N) is 1. The normalized spacial score (nSPS) is 11.3. The number of para-hydroxylation sites is 1. The quantitative estimate of drug-likeness (QED) is 0.928. The summed E-state index contributed by atoms with van der Waals surface area (Å²) in [5.74, 6) is -0.0254. The second kappa shape index (κ2) is 5.53. The van der Waals surface area contributed by atoms with Crippen molar-refractivity contribution in [3.05, 3.63) is 46.4 Å². The van der Waals surface area contributed by atoms with Crippen molar-refractivity contribution < 1.29 is 4.79 Å². The number of amides is 1. The third-order valence-electron chi connectivity index (χ3n) is 2.83. The van der Waals surface area contributed by atoms with Crippen LogP contribution in [0.1, 0.15) is 32.0 Å². The zero-order valence-electron chi connectivity index (χ0n) is 11.4. The number of nitrogens with one attached hydrogen (secondary N) is 1. The summed E-state index contributed by atoms with van der Waals surface area (Å²) in [6.45, 7) is 6.41. The van der Waals surface area contributed by atoms with E-state index in [1.807, 2.05) is 23.6 Å². The van der Waals surface area contributed by atoms with Crippen molar-refractivity contribution in [1.82, 2.24) is 4.98 Å². The molecule has 0 aliphatic rings. The average Bonchev–Trinajstić information content (AvgIpc) is 2.81. The fourth-order valence-electron chi connectivity index (χ4n) is 1.93. The minimum atomic E-state index is -0.0254. The van der Waals surface area contributed by atoms with Gasteiger partial charge >= 0.3 is 0 Å². The fraction of sp³-hybridized carbons (Fsp3) is 0.333. The fourth-order valence-corrected chi connectivity index (χ4v) is 2.49. The molecule has 1 aromatic heterocycles. The van der Waals surface area contributed by atoms with Crippen molar-refractivity contribution in [1.29, 1.82) is 0 Å². The molecular formula is C15H18N2OS. The standard InChI is InChI=1S/C15H18N2OS/c1-15(2,3)12-6-4-5-7-13(12)17-14(18)8-11-9-19-10-16-11/h4-7,9-10H,8H2,1-3H3,(H,17,18). The third kappa shape index (κ3) is 3.64. The Labute approximate surface area is 117 Å². The number of carbonyl (C=O) groups excluding carboxylic acids is 1. The van der Waals surface area contributed by atoms with Crippen LogP contribution in [0.2, 0.25) is 0 Å². The molecule has 2 aromatic rings. The number of hydrogen-bond acceptors (Lipinski definition) is 3. The topological polar surface area (TPSA) is 42.0 Å². The van der Waals surface area contributed by atoms with Gasteiger partial charge in [-0.05, 0) is 17.0 Å². The molecule has 0 bridgehead atoms. The number of rotatable bonds is 3. The number of benzene rings is 1. The Morgan fingerprint density at radius 1 is 1.32 bits per heavy atom. The SMILES string of the molecule is CC(C)(C)c1ccccc1NC(=O)Cc1cscn1. The Balaban J connectivity index is 2.13. The summed E-state index contributed by atoms with van der Waals surface area (Å²) in [6.07, 6.45) is 0.321. The summed E-state index contributed by atoms with van der Waals surface area (Å²) in [6, 6.07) is 7.93. The van der Waals surface area contributed by atoms with Gasteiger partial charge in [0.15, 0.2) is 0 Å². The zero-order chi connectivity index (χ0) is 13.9. The predicted molar refractivity (Wildman–Crippen MR) is 79.6 cm³/mol. The number of aromatic nitrogens is 1. The molecule has 0 fully saturated rings. The van der Waals surface area contributed by atoms with E-state index in [0.717, 1.165) is 16.9 Å². The van der Waals surface area contributed by atoms with Crippen LogP contribution in [0.25, 0.3) is 0 Å². The van der Waals surface area contributed by atoms with Gasteiger partial charge in [-0.1, -0.05) is 39.0 Å². The van der Waals surface area contributed by atoms with Gasteiger partial charge in [0, 0.05) is 11.1 Å². The van der Waals surface area contributed by atoms with Crippen LogP contribution in [-0.4, -0.2) is 10.9 Å². The lowest BCUT2D eigenvalue weighted by molar-refractivity contribution is -0.115. The van der Waals surface area contributed by atoms with E-state index in [9.17, 15) is 4.79 Å². The maximum Gasteiger partial charge on any atom is 0.230 e. The first-order valence-corrected chi connectivity index (χ1v) is 7.17. The predicted octanol–water partition coefficient (Wildman–Crippen LogP) is 3.62. The average molecular weight is 274 g/mol. The van der Waals surface area contributed by atoms with Gasteiger partial charge in [0.2, 0.25) is 5.91 Å². The molecule has 1 amide bonds. The molecular weight excluding hydrogens is 256 g/mol. The summed E-state index contributed by atoms with van der Waals surface area (Å²) in [4.78, 5) is 16.1. The Morgan fingerprint density at radius 2 is 2.05 bits per heavy atom. The van der Waals surface area contributed by atoms with Crippen LogP contribution in [0.4, 0.5) is 5.69 Å². The molecule has 0 spiro atoms. The van der Waals surface area contributed by atoms with Gasteiger partial charge in [0.1, 0.15) is 0 Å². The molecule has 4 heteroatoms. The Morgan fingerprint density at radius 3 is 2.68 bits per heavy atom. The molecule has 2 rings (SSSR count). The molecule has 0 saturated heterocycles.